The summed E-state index contributed by atoms with van der Waals surface area (Å²) in [5, 5.41) is 2.93. The number of anilines is 2. The van der Waals surface area contributed by atoms with Crippen LogP contribution in [0, 0.1) is 5.82 Å². The maximum atomic E-state index is 13.7. The van der Waals surface area contributed by atoms with Crippen LogP contribution in [-0.2, 0) is 4.74 Å². The average Bonchev–Trinajstić information content (AvgIpc) is 2.34. The van der Waals surface area contributed by atoms with Crippen molar-refractivity contribution in [2.75, 3.05) is 24.2 Å². The van der Waals surface area contributed by atoms with Crippen molar-refractivity contribution in [3.05, 3.63) is 23.5 Å². The zero-order chi connectivity index (χ0) is 15.1. The number of hydrogen-bond acceptors (Lipinski definition) is 4. The molecule has 1 aromatic carbocycles. The predicted octanol–water partition coefficient (Wildman–Crippen LogP) is 2.12. The number of nitrogens with two attached hydrogens (primary N) is 2. The molecule has 1 aromatic rings. The second-order valence-corrected chi connectivity index (χ2v) is 4.84. The molecular weight excluding hydrogens is 261 g/mol. The van der Waals surface area contributed by atoms with Crippen molar-refractivity contribution in [1.82, 2.24) is 0 Å². The van der Waals surface area contributed by atoms with Gasteiger partial charge in [0.25, 0.3) is 5.91 Å². The number of rotatable bonds is 8. The smallest absolute Gasteiger partial charge is 0.250 e. The lowest BCUT2D eigenvalue weighted by molar-refractivity contribution is 0.0765. The Hall–Kier alpha value is -1.82. The molecule has 0 saturated heterocycles. The van der Waals surface area contributed by atoms with Crippen molar-refractivity contribution in [1.29, 1.82) is 0 Å². The lowest BCUT2D eigenvalue weighted by Gasteiger charge is -2.11. The number of hydrogen-bond donors (Lipinski definition) is 3. The second-order valence-electron chi connectivity index (χ2n) is 4.84. The van der Waals surface area contributed by atoms with E-state index in [1.807, 2.05) is 13.8 Å². The van der Waals surface area contributed by atoms with Crippen molar-refractivity contribution < 1.29 is 13.9 Å². The summed E-state index contributed by atoms with van der Waals surface area (Å²) in [4.78, 5) is 11.1. The largest absolute Gasteiger partial charge is 0.398 e. The van der Waals surface area contributed by atoms with Gasteiger partial charge >= 0.3 is 0 Å². The second kappa shape index (κ2) is 7.69. The molecule has 0 aliphatic heterocycles. The van der Waals surface area contributed by atoms with Crippen LogP contribution in [-0.4, -0.2) is 25.2 Å². The topological polar surface area (TPSA) is 90.4 Å². The molecule has 5 N–H and O–H groups in total. The fourth-order valence-corrected chi connectivity index (χ4v) is 1.71. The highest BCUT2D eigenvalue weighted by atomic mass is 19.1. The zero-order valence-electron chi connectivity index (χ0n) is 11.9. The van der Waals surface area contributed by atoms with Gasteiger partial charge in [0.1, 0.15) is 5.82 Å². The first-order valence-electron chi connectivity index (χ1n) is 6.66. The van der Waals surface area contributed by atoms with E-state index in [4.69, 9.17) is 16.2 Å². The number of nitrogens with one attached hydrogen (secondary N) is 1. The van der Waals surface area contributed by atoms with Crippen LogP contribution in [0.3, 0.4) is 0 Å². The van der Waals surface area contributed by atoms with Gasteiger partial charge in [-0.15, -0.1) is 0 Å². The molecule has 0 saturated carbocycles. The first-order valence-corrected chi connectivity index (χ1v) is 6.66. The van der Waals surface area contributed by atoms with Gasteiger partial charge in [0, 0.05) is 18.8 Å². The van der Waals surface area contributed by atoms with Gasteiger partial charge in [-0.2, -0.15) is 0 Å². The molecule has 0 aromatic heterocycles. The van der Waals surface area contributed by atoms with Gasteiger partial charge in [-0.3, -0.25) is 4.79 Å². The molecule has 5 nitrogen and oxygen atoms in total. The van der Waals surface area contributed by atoms with E-state index in [0.29, 0.717) is 13.2 Å². The van der Waals surface area contributed by atoms with Crippen LogP contribution in [0.2, 0.25) is 0 Å². The van der Waals surface area contributed by atoms with E-state index < -0.39 is 11.7 Å². The van der Waals surface area contributed by atoms with Gasteiger partial charge in [0.2, 0.25) is 0 Å². The minimum atomic E-state index is -0.670. The molecule has 0 aliphatic rings. The third kappa shape index (κ3) is 5.05. The molecule has 20 heavy (non-hydrogen) atoms. The van der Waals surface area contributed by atoms with Crippen LogP contribution >= 0.6 is 0 Å². The number of unbranched alkanes of at least 4 members (excludes halogenated alkanes) is 1. The SMILES string of the molecule is CC(C)OCCCCNc1cc(C(N)=O)c(N)cc1F. The molecule has 0 radical (unpaired) electrons. The molecule has 0 fully saturated rings. The average molecular weight is 283 g/mol. The fraction of sp³-hybridized carbons (Fsp3) is 0.500. The first-order chi connectivity index (χ1) is 9.41. The lowest BCUT2D eigenvalue weighted by atomic mass is 10.1. The molecule has 1 rings (SSSR count). The highest BCUT2D eigenvalue weighted by Crippen LogP contribution is 2.21. The Morgan fingerprint density at radius 1 is 1.40 bits per heavy atom. The highest BCUT2D eigenvalue weighted by molar-refractivity contribution is 5.99. The van der Waals surface area contributed by atoms with Gasteiger partial charge in [-0.1, -0.05) is 0 Å². The maximum absolute atomic E-state index is 13.7. The number of amides is 1. The number of carbonyl (C=O) groups is 1. The molecule has 112 valence electrons. The highest BCUT2D eigenvalue weighted by Gasteiger charge is 2.11. The van der Waals surface area contributed by atoms with Crippen molar-refractivity contribution in [3.8, 4) is 0 Å². The molecular formula is C14H22FN3O2. The summed E-state index contributed by atoms with van der Waals surface area (Å²) in [6.07, 6.45) is 1.93. The fourth-order valence-electron chi connectivity index (χ4n) is 1.71. The molecule has 6 heteroatoms. The zero-order valence-corrected chi connectivity index (χ0v) is 11.9. The van der Waals surface area contributed by atoms with Crippen LogP contribution in [0.25, 0.3) is 0 Å². The van der Waals surface area contributed by atoms with Gasteiger partial charge in [-0.25, -0.2) is 4.39 Å². The number of ether oxygens (including phenoxy) is 1. The third-order valence-corrected chi connectivity index (χ3v) is 2.74. The predicted molar refractivity (Wildman–Crippen MR) is 78.1 cm³/mol. The maximum Gasteiger partial charge on any atom is 0.250 e. The molecule has 1 amide bonds. The summed E-state index contributed by atoms with van der Waals surface area (Å²) < 4.78 is 19.1. The van der Waals surface area contributed by atoms with Crippen LogP contribution in [0.4, 0.5) is 15.8 Å². The van der Waals surface area contributed by atoms with E-state index in [1.54, 1.807) is 0 Å². The van der Waals surface area contributed by atoms with Gasteiger partial charge in [0.15, 0.2) is 0 Å². The van der Waals surface area contributed by atoms with E-state index >= 15 is 0 Å². The van der Waals surface area contributed by atoms with Crippen LogP contribution in [0.1, 0.15) is 37.0 Å². The number of carbonyl (C=O) groups excluding carboxylic acids is 1. The Morgan fingerprint density at radius 2 is 2.10 bits per heavy atom. The van der Waals surface area contributed by atoms with E-state index in [9.17, 15) is 9.18 Å². The van der Waals surface area contributed by atoms with Crippen molar-refractivity contribution in [2.45, 2.75) is 32.8 Å². The number of nitrogen functional groups attached to an aromatic ring is 1. The molecule has 0 spiro atoms. The van der Waals surface area contributed by atoms with Crippen molar-refractivity contribution in [2.24, 2.45) is 5.73 Å². The van der Waals surface area contributed by atoms with E-state index in [1.165, 1.54) is 6.07 Å². The monoisotopic (exact) mass is 283 g/mol. The molecule has 0 aliphatic carbocycles. The summed E-state index contributed by atoms with van der Waals surface area (Å²) in [6.45, 7) is 5.22. The van der Waals surface area contributed by atoms with Crippen LogP contribution < -0.4 is 16.8 Å². The standard InChI is InChI=1S/C14H22FN3O2/c1-9(2)20-6-4-3-5-18-13-7-10(14(17)19)12(16)8-11(13)15/h7-9,18H,3-6,16H2,1-2H3,(H2,17,19). The number of primary amides is 1. The summed E-state index contributed by atoms with van der Waals surface area (Å²) in [6, 6.07) is 2.45. The third-order valence-electron chi connectivity index (χ3n) is 2.74. The Kier molecular flexibility index (Phi) is 6.24. The Labute approximate surface area is 118 Å². The molecule has 0 bridgehead atoms. The first kappa shape index (κ1) is 16.2. The van der Waals surface area contributed by atoms with Gasteiger partial charge < -0.3 is 21.5 Å². The Morgan fingerprint density at radius 3 is 2.70 bits per heavy atom. The number of halogens is 1. The van der Waals surface area contributed by atoms with Gasteiger partial charge in [0.05, 0.1) is 17.4 Å². The minimum absolute atomic E-state index is 0.0471. The molecule has 0 atom stereocenters. The van der Waals surface area contributed by atoms with Crippen molar-refractivity contribution >= 4 is 17.3 Å². The minimum Gasteiger partial charge on any atom is -0.398 e. The Bertz CT molecular complexity index is 464. The van der Waals surface area contributed by atoms with E-state index in [0.717, 1.165) is 18.9 Å². The number of benzene rings is 1. The van der Waals surface area contributed by atoms with E-state index in [2.05, 4.69) is 5.32 Å². The summed E-state index contributed by atoms with van der Waals surface area (Å²) in [7, 11) is 0. The lowest BCUT2D eigenvalue weighted by Crippen LogP contribution is -2.15. The summed E-state index contributed by atoms with van der Waals surface area (Å²) in [5.74, 6) is -1.16. The van der Waals surface area contributed by atoms with Crippen LogP contribution in [0.5, 0.6) is 0 Å². The Balaban J connectivity index is 2.47. The van der Waals surface area contributed by atoms with Gasteiger partial charge in [-0.05, 0) is 38.8 Å². The molecule has 0 heterocycles. The normalized spacial score (nSPS) is 10.8. The molecule has 0 unspecified atom stereocenters. The van der Waals surface area contributed by atoms with E-state index in [-0.39, 0.29) is 23.0 Å². The van der Waals surface area contributed by atoms with Crippen LogP contribution in [0.15, 0.2) is 12.1 Å². The quantitative estimate of drug-likeness (QED) is 0.503. The summed E-state index contributed by atoms with van der Waals surface area (Å²) in [5.41, 5.74) is 11.1. The summed E-state index contributed by atoms with van der Waals surface area (Å²) >= 11 is 0. The van der Waals surface area contributed by atoms with Crippen molar-refractivity contribution in [3.63, 3.8) is 0 Å².